The quantitative estimate of drug-likeness (QED) is 0.890. The van der Waals surface area contributed by atoms with Crippen molar-refractivity contribution < 1.29 is 4.74 Å². The van der Waals surface area contributed by atoms with Gasteiger partial charge in [0.05, 0.1) is 13.2 Å². The van der Waals surface area contributed by atoms with Crippen molar-refractivity contribution in [3.63, 3.8) is 0 Å². The SMILES string of the molecule is COc1ccc(N(C)C(CN)c2ccc(C)c(Br)c2)cc1. The summed E-state index contributed by atoms with van der Waals surface area (Å²) in [7, 11) is 3.73. The minimum Gasteiger partial charge on any atom is -0.497 e. The Balaban J connectivity index is 2.28. The minimum absolute atomic E-state index is 0.135. The zero-order valence-electron chi connectivity index (χ0n) is 12.6. The maximum absolute atomic E-state index is 6.01. The molecule has 0 amide bonds. The van der Waals surface area contributed by atoms with E-state index in [4.69, 9.17) is 10.5 Å². The standard InChI is InChI=1S/C17H21BrN2O/c1-12-4-5-13(10-16(12)18)17(11-19)20(2)14-6-8-15(21-3)9-7-14/h4-10,17H,11,19H2,1-3H3. The maximum atomic E-state index is 6.01. The summed E-state index contributed by atoms with van der Waals surface area (Å²) < 4.78 is 6.31. The molecular formula is C17H21BrN2O. The number of anilines is 1. The van der Waals surface area contributed by atoms with Crippen LogP contribution < -0.4 is 15.4 Å². The molecule has 0 aromatic heterocycles. The Morgan fingerprint density at radius 2 is 1.86 bits per heavy atom. The fourth-order valence-corrected chi connectivity index (χ4v) is 2.73. The summed E-state index contributed by atoms with van der Waals surface area (Å²) >= 11 is 3.59. The molecule has 0 spiro atoms. The second kappa shape index (κ2) is 6.96. The molecule has 4 heteroatoms. The van der Waals surface area contributed by atoms with Crippen molar-refractivity contribution in [1.29, 1.82) is 0 Å². The summed E-state index contributed by atoms with van der Waals surface area (Å²) in [4.78, 5) is 2.19. The second-order valence-corrected chi connectivity index (χ2v) is 5.92. The molecule has 0 saturated heterocycles. The van der Waals surface area contributed by atoms with E-state index in [1.165, 1.54) is 11.1 Å². The average molecular weight is 349 g/mol. The van der Waals surface area contributed by atoms with Gasteiger partial charge in [0.1, 0.15) is 5.75 Å². The highest BCUT2D eigenvalue weighted by Crippen LogP contribution is 2.29. The van der Waals surface area contributed by atoms with E-state index < -0.39 is 0 Å². The highest BCUT2D eigenvalue weighted by Gasteiger charge is 2.16. The lowest BCUT2D eigenvalue weighted by molar-refractivity contribution is 0.415. The fraction of sp³-hybridized carbons (Fsp3) is 0.294. The van der Waals surface area contributed by atoms with Gasteiger partial charge in [-0.3, -0.25) is 0 Å². The van der Waals surface area contributed by atoms with Gasteiger partial charge >= 0.3 is 0 Å². The van der Waals surface area contributed by atoms with E-state index in [1.807, 2.05) is 24.3 Å². The Morgan fingerprint density at radius 1 is 1.19 bits per heavy atom. The van der Waals surface area contributed by atoms with Gasteiger partial charge in [0.2, 0.25) is 0 Å². The predicted octanol–water partition coefficient (Wildman–Crippen LogP) is 3.90. The van der Waals surface area contributed by atoms with Crippen molar-refractivity contribution in [1.82, 2.24) is 0 Å². The van der Waals surface area contributed by atoms with Crippen LogP contribution in [0.2, 0.25) is 0 Å². The molecule has 0 bridgehead atoms. The molecule has 0 saturated carbocycles. The summed E-state index contributed by atoms with van der Waals surface area (Å²) in [6.07, 6.45) is 0. The Bertz CT molecular complexity index is 598. The van der Waals surface area contributed by atoms with Gasteiger partial charge in [0.25, 0.3) is 0 Å². The largest absolute Gasteiger partial charge is 0.497 e. The molecule has 2 aromatic rings. The highest BCUT2D eigenvalue weighted by atomic mass is 79.9. The first kappa shape index (κ1) is 15.9. The van der Waals surface area contributed by atoms with E-state index in [1.54, 1.807) is 7.11 Å². The van der Waals surface area contributed by atoms with Crippen LogP contribution in [0.3, 0.4) is 0 Å². The number of likely N-dealkylation sites (N-methyl/N-ethyl adjacent to an activating group) is 1. The van der Waals surface area contributed by atoms with Crippen LogP contribution in [0.5, 0.6) is 5.75 Å². The van der Waals surface area contributed by atoms with Gasteiger partial charge < -0.3 is 15.4 Å². The van der Waals surface area contributed by atoms with Crippen molar-refractivity contribution in [2.24, 2.45) is 5.73 Å². The normalized spacial score (nSPS) is 12.0. The maximum Gasteiger partial charge on any atom is 0.119 e. The first-order valence-corrected chi connectivity index (χ1v) is 7.69. The van der Waals surface area contributed by atoms with Gasteiger partial charge in [-0.15, -0.1) is 0 Å². The smallest absolute Gasteiger partial charge is 0.119 e. The summed E-state index contributed by atoms with van der Waals surface area (Å²) in [6, 6.07) is 14.6. The Labute approximate surface area is 134 Å². The number of methoxy groups -OCH3 is 1. The Morgan fingerprint density at radius 3 is 2.38 bits per heavy atom. The third-order valence-electron chi connectivity index (χ3n) is 3.75. The van der Waals surface area contributed by atoms with E-state index in [0.29, 0.717) is 6.54 Å². The van der Waals surface area contributed by atoms with Crippen LogP contribution in [-0.4, -0.2) is 20.7 Å². The third-order valence-corrected chi connectivity index (χ3v) is 4.61. The number of hydrogen-bond donors (Lipinski definition) is 1. The van der Waals surface area contributed by atoms with Crippen LogP contribution in [0.15, 0.2) is 46.9 Å². The molecule has 0 heterocycles. The molecule has 0 fully saturated rings. The molecule has 3 nitrogen and oxygen atoms in total. The molecule has 0 aliphatic heterocycles. The Kier molecular flexibility index (Phi) is 5.26. The average Bonchev–Trinajstić information content (AvgIpc) is 2.51. The molecule has 0 aliphatic rings. The predicted molar refractivity (Wildman–Crippen MR) is 92.1 cm³/mol. The van der Waals surface area contributed by atoms with Crippen LogP contribution in [0.4, 0.5) is 5.69 Å². The molecule has 2 aromatic carbocycles. The number of benzene rings is 2. The zero-order valence-corrected chi connectivity index (χ0v) is 14.2. The monoisotopic (exact) mass is 348 g/mol. The summed E-state index contributed by atoms with van der Waals surface area (Å²) in [5.74, 6) is 0.856. The number of halogens is 1. The lowest BCUT2D eigenvalue weighted by Crippen LogP contribution is -2.30. The first-order valence-electron chi connectivity index (χ1n) is 6.89. The van der Waals surface area contributed by atoms with Crippen LogP contribution in [0.25, 0.3) is 0 Å². The van der Waals surface area contributed by atoms with Gasteiger partial charge in [-0.1, -0.05) is 28.1 Å². The van der Waals surface area contributed by atoms with Gasteiger partial charge in [-0.25, -0.2) is 0 Å². The minimum atomic E-state index is 0.135. The molecule has 112 valence electrons. The number of ether oxygens (including phenoxy) is 1. The van der Waals surface area contributed by atoms with E-state index in [-0.39, 0.29) is 6.04 Å². The number of hydrogen-bond acceptors (Lipinski definition) is 3. The van der Waals surface area contributed by atoms with Crippen LogP contribution in [0, 0.1) is 6.92 Å². The van der Waals surface area contributed by atoms with Crippen molar-refractivity contribution >= 4 is 21.6 Å². The van der Waals surface area contributed by atoms with E-state index in [0.717, 1.165) is 15.9 Å². The van der Waals surface area contributed by atoms with Crippen molar-refractivity contribution in [2.45, 2.75) is 13.0 Å². The number of rotatable bonds is 5. The van der Waals surface area contributed by atoms with Crippen molar-refractivity contribution in [2.75, 3.05) is 25.6 Å². The van der Waals surface area contributed by atoms with Gasteiger partial charge in [0.15, 0.2) is 0 Å². The van der Waals surface area contributed by atoms with Crippen LogP contribution in [0.1, 0.15) is 17.2 Å². The molecule has 0 radical (unpaired) electrons. The van der Waals surface area contributed by atoms with E-state index >= 15 is 0 Å². The van der Waals surface area contributed by atoms with Gasteiger partial charge in [0, 0.05) is 23.8 Å². The molecule has 2 N–H and O–H groups in total. The molecule has 1 unspecified atom stereocenters. The highest BCUT2D eigenvalue weighted by molar-refractivity contribution is 9.10. The fourth-order valence-electron chi connectivity index (χ4n) is 2.33. The molecular weight excluding hydrogens is 328 g/mol. The molecule has 1 atom stereocenters. The second-order valence-electron chi connectivity index (χ2n) is 5.07. The lowest BCUT2D eigenvalue weighted by atomic mass is 10.0. The Hall–Kier alpha value is -1.52. The number of aryl methyl sites for hydroxylation is 1. The lowest BCUT2D eigenvalue weighted by Gasteiger charge is -2.30. The third kappa shape index (κ3) is 3.57. The van der Waals surface area contributed by atoms with Gasteiger partial charge in [-0.2, -0.15) is 0 Å². The van der Waals surface area contributed by atoms with Gasteiger partial charge in [-0.05, 0) is 48.4 Å². The van der Waals surface area contributed by atoms with Crippen molar-refractivity contribution in [3.8, 4) is 5.75 Å². The van der Waals surface area contributed by atoms with Crippen LogP contribution >= 0.6 is 15.9 Å². The topological polar surface area (TPSA) is 38.5 Å². The summed E-state index contributed by atoms with van der Waals surface area (Å²) in [5.41, 5.74) is 9.55. The number of nitrogens with two attached hydrogens (primary N) is 1. The molecule has 21 heavy (non-hydrogen) atoms. The molecule has 0 aliphatic carbocycles. The number of nitrogens with zero attached hydrogens (tertiary/aromatic N) is 1. The van der Waals surface area contributed by atoms with E-state index in [9.17, 15) is 0 Å². The van der Waals surface area contributed by atoms with E-state index in [2.05, 4.69) is 53.0 Å². The van der Waals surface area contributed by atoms with Crippen LogP contribution in [-0.2, 0) is 0 Å². The zero-order chi connectivity index (χ0) is 15.4. The first-order chi connectivity index (χ1) is 10.1. The summed E-state index contributed by atoms with van der Waals surface area (Å²) in [5, 5.41) is 0. The summed E-state index contributed by atoms with van der Waals surface area (Å²) in [6.45, 7) is 2.64. The molecule has 2 rings (SSSR count). The van der Waals surface area contributed by atoms with Crippen molar-refractivity contribution in [3.05, 3.63) is 58.1 Å².